The summed E-state index contributed by atoms with van der Waals surface area (Å²) >= 11 is 0. The summed E-state index contributed by atoms with van der Waals surface area (Å²) in [4.78, 5) is 0. The predicted molar refractivity (Wildman–Crippen MR) is 82.4 cm³/mol. The maximum Gasteiger partial charge on any atom is 0.161 e. The van der Waals surface area contributed by atoms with Gasteiger partial charge < -0.3 is 15.2 Å². The highest BCUT2D eigenvalue weighted by atomic mass is 16.5. The molecule has 1 atom stereocenters. The zero-order valence-corrected chi connectivity index (χ0v) is 12.7. The zero-order valence-electron chi connectivity index (χ0n) is 12.7. The highest BCUT2D eigenvalue weighted by Crippen LogP contribution is 2.31. The van der Waals surface area contributed by atoms with Crippen molar-refractivity contribution < 1.29 is 9.47 Å². The second kappa shape index (κ2) is 7.53. The quantitative estimate of drug-likeness (QED) is 0.829. The van der Waals surface area contributed by atoms with E-state index in [1.807, 2.05) is 19.9 Å². The van der Waals surface area contributed by atoms with E-state index in [4.69, 9.17) is 15.2 Å². The molecule has 0 heterocycles. The van der Waals surface area contributed by atoms with Crippen molar-refractivity contribution in [2.75, 3.05) is 13.2 Å². The predicted octanol–water partition coefficient (Wildman–Crippen LogP) is 3.54. The molecule has 0 spiro atoms. The summed E-state index contributed by atoms with van der Waals surface area (Å²) in [5.74, 6) is 2.43. The summed E-state index contributed by atoms with van der Waals surface area (Å²) in [6, 6.07) is 6.35. The van der Waals surface area contributed by atoms with E-state index in [-0.39, 0.29) is 6.04 Å². The third kappa shape index (κ3) is 4.41. The lowest BCUT2D eigenvalue weighted by atomic mass is 10.1. The molecule has 1 unspecified atom stereocenters. The second-order valence-corrected chi connectivity index (χ2v) is 5.86. The Bertz CT molecular complexity index is 411. The third-order valence-electron chi connectivity index (χ3n) is 3.81. The minimum absolute atomic E-state index is 0.162. The number of hydrogen-bond donors (Lipinski definition) is 1. The third-order valence-corrected chi connectivity index (χ3v) is 3.81. The Morgan fingerprint density at radius 3 is 2.60 bits per heavy atom. The minimum Gasteiger partial charge on any atom is -0.490 e. The summed E-state index contributed by atoms with van der Waals surface area (Å²) < 4.78 is 11.7. The van der Waals surface area contributed by atoms with E-state index in [1.54, 1.807) is 0 Å². The standard InChI is InChI=1S/C17H27NO2/c1-3-19-17-11-15(10-13(2)18)8-9-16(17)20-12-14-6-4-5-7-14/h8-9,11,13-14H,3-7,10,12,18H2,1-2H3. The number of benzene rings is 1. The molecular formula is C17H27NO2. The van der Waals surface area contributed by atoms with Crippen LogP contribution in [0.5, 0.6) is 11.5 Å². The molecule has 3 nitrogen and oxygen atoms in total. The van der Waals surface area contributed by atoms with Crippen molar-refractivity contribution in [3.63, 3.8) is 0 Å². The van der Waals surface area contributed by atoms with Gasteiger partial charge in [0.2, 0.25) is 0 Å². The Morgan fingerprint density at radius 2 is 1.95 bits per heavy atom. The molecule has 0 bridgehead atoms. The average Bonchev–Trinajstić information content (AvgIpc) is 2.90. The van der Waals surface area contributed by atoms with Crippen LogP contribution < -0.4 is 15.2 Å². The van der Waals surface area contributed by atoms with E-state index in [1.165, 1.54) is 31.2 Å². The summed E-state index contributed by atoms with van der Waals surface area (Å²) in [5.41, 5.74) is 7.06. The summed E-state index contributed by atoms with van der Waals surface area (Å²) in [6.07, 6.45) is 6.15. The molecule has 0 aromatic heterocycles. The zero-order chi connectivity index (χ0) is 14.4. The van der Waals surface area contributed by atoms with Crippen LogP contribution in [0.2, 0.25) is 0 Å². The normalized spacial score (nSPS) is 17.1. The fourth-order valence-electron chi connectivity index (χ4n) is 2.82. The first kappa shape index (κ1) is 15.2. The first-order valence-electron chi connectivity index (χ1n) is 7.83. The monoisotopic (exact) mass is 277 g/mol. The number of nitrogens with two attached hydrogens (primary N) is 1. The molecule has 0 aliphatic heterocycles. The molecule has 1 aliphatic rings. The molecule has 3 heteroatoms. The lowest BCUT2D eigenvalue weighted by molar-refractivity contribution is 0.234. The van der Waals surface area contributed by atoms with E-state index < -0.39 is 0 Å². The van der Waals surface area contributed by atoms with Crippen LogP contribution in [-0.4, -0.2) is 19.3 Å². The van der Waals surface area contributed by atoms with E-state index >= 15 is 0 Å². The van der Waals surface area contributed by atoms with Gasteiger partial charge in [-0.2, -0.15) is 0 Å². The van der Waals surface area contributed by atoms with Crippen molar-refractivity contribution in [1.29, 1.82) is 0 Å². The van der Waals surface area contributed by atoms with Crippen LogP contribution in [0.1, 0.15) is 45.1 Å². The first-order valence-corrected chi connectivity index (χ1v) is 7.83. The fourth-order valence-corrected chi connectivity index (χ4v) is 2.82. The Kier molecular flexibility index (Phi) is 5.72. The van der Waals surface area contributed by atoms with Crippen molar-refractivity contribution in [1.82, 2.24) is 0 Å². The Morgan fingerprint density at radius 1 is 1.20 bits per heavy atom. The molecular weight excluding hydrogens is 250 g/mol. The number of ether oxygens (including phenoxy) is 2. The van der Waals surface area contributed by atoms with Crippen LogP contribution in [-0.2, 0) is 6.42 Å². The van der Waals surface area contributed by atoms with Crippen molar-refractivity contribution in [2.45, 2.75) is 52.0 Å². The van der Waals surface area contributed by atoms with Gasteiger partial charge in [-0.3, -0.25) is 0 Å². The van der Waals surface area contributed by atoms with Crippen LogP contribution in [0, 0.1) is 5.92 Å². The van der Waals surface area contributed by atoms with Gasteiger partial charge in [0.25, 0.3) is 0 Å². The smallest absolute Gasteiger partial charge is 0.161 e. The maximum absolute atomic E-state index is 5.98. The van der Waals surface area contributed by atoms with Crippen LogP contribution in [0.15, 0.2) is 18.2 Å². The Labute approximate surface area is 122 Å². The maximum atomic E-state index is 5.98. The van der Waals surface area contributed by atoms with E-state index in [0.717, 1.165) is 24.5 Å². The van der Waals surface area contributed by atoms with Gasteiger partial charge in [-0.15, -0.1) is 0 Å². The topological polar surface area (TPSA) is 44.5 Å². The van der Waals surface area contributed by atoms with Gasteiger partial charge in [0.1, 0.15) is 0 Å². The molecule has 20 heavy (non-hydrogen) atoms. The van der Waals surface area contributed by atoms with Crippen LogP contribution in [0.3, 0.4) is 0 Å². The number of rotatable bonds is 7. The van der Waals surface area contributed by atoms with E-state index in [2.05, 4.69) is 12.1 Å². The molecule has 1 aromatic carbocycles. The van der Waals surface area contributed by atoms with Crippen LogP contribution in [0.4, 0.5) is 0 Å². The molecule has 2 N–H and O–H groups in total. The second-order valence-electron chi connectivity index (χ2n) is 5.86. The van der Waals surface area contributed by atoms with Crippen molar-refractivity contribution in [2.24, 2.45) is 11.7 Å². The van der Waals surface area contributed by atoms with Gasteiger partial charge >= 0.3 is 0 Å². The number of hydrogen-bond acceptors (Lipinski definition) is 3. The molecule has 1 fully saturated rings. The molecule has 112 valence electrons. The SMILES string of the molecule is CCOc1cc(CC(C)N)ccc1OCC1CCCC1. The van der Waals surface area contributed by atoms with Crippen LogP contribution >= 0.6 is 0 Å². The Balaban J connectivity index is 2.01. The summed E-state index contributed by atoms with van der Waals surface area (Å²) in [5, 5.41) is 0. The lowest BCUT2D eigenvalue weighted by Gasteiger charge is -2.16. The molecule has 2 rings (SSSR count). The highest BCUT2D eigenvalue weighted by Gasteiger charge is 2.16. The van der Waals surface area contributed by atoms with Crippen molar-refractivity contribution in [3.8, 4) is 11.5 Å². The van der Waals surface area contributed by atoms with Gasteiger partial charge in [0.15, 0.2) is 11.5 Å². The van der Waals surface area contributed by atoms with E-state index in [0.29, 0.717) is 12.5 Å². The summed E-state index contributed by atoms with van der Waals surface area (Å²) in [7, 11) is 0. The molecule has 1 aromatic rings. The van der Waals surface area contributed by atoms with Crippen molar-refractivity contribution in [3.05, 3.63) is 23.8 Å². The van der Waals surface area contributed by atoms with Gasteiger partial charge in [0, 0.05) is 6.04 Å². The highest BCUT2D eigenvalue weighted by molar-refractivity contribution is 5.43. The molecule has 0 amide bonds. The van der Waals surface area contributed by atoms with Gasteiger partial charge in [-0.25, -0.2) is 0 Å². The molecule has 1 saturated carbocycles. The van der Waals surface area contributed by atoms with Crippen molar-refractivity contribution >= 4 is 0 Å². The Hall–Kier alpha value is -1.22. The first-order chi connectivity index (χ1) is 9.69. The minimum atomic E-state index is 0.162. The molecule has 1 aliphatic carbocycles. The van der Waals surface area contributed by atoms with Gasteiger partial charge in [0.05, 0.1) is 13.2 Å². The fraction of sp³-hybridized carbons (Fsp3) is 0.647. The molecule has 0 radical (unpaired) electrons. The summed E-state index contributed by atoms with van der Waals surface area (Å²) in [6.45, 7) is 5.48. The van der Waals surface area contributed by atoms with E-state index in [9.17, 15) is 0 Å². The largest absolute Gasteiger partial charge is 0.490 e. The van der Waals surface area contributed by atoms with Gasteiger partial charge in [-0.1, -0.05) is 18.9 Å². The van der Waals surface area contributed by atoms with Crippen LogP contribution in [0.25, 0.3) is 0 Å². The average molecular weight is 277 g/mol. The molecule has 0 saturated heterocycles. The lowest BCUT2D eigenvalue weighted by Crippen LogP contribution is -2.17. The van der Waals surface area contributed by atoms with Gasteiger partial charge in [-0.05, 0) is 56.7 Å².